The van der Waals surface area contributed by atoms with Gasteiger partial charge in [-0.05, 0) is 49.8 Å². The van der Waals surface area contributed by atoms with E-state index in [1.54, 1.807) is 0 Å². The van der Waals surface area contributed by atoms with Crippen LogP contribution in [0.3, 0.4) is 0 Å². The zero-order chi connectivity index (χ0) is 20.7. The minimum absolute atomic E-state index is 0.0208. The second-order valence-corrected chi connectivity index (χ2v) is 7.87. The Morgan fingerprint density at radius 2 is 1.86 bits per heavy atom. The van der Waals surface area contributed by atoms with Crippen molar-refractivity contribution < 1.29 is 15.0 Å². The summed E-state index contributed by atoms with van der Waals surface area (Å²) in [5.74, 6) is -0.0863. The van der Waals surface area contributed by atoms with Gasteiger partial charge in [0.15, 0.2) is 0 Å². The van der Waals surface area contributed by atoms with Crippen molar-refractivity contribution in [2.24, 2.45) is 0 Å². The summed E-state index contributed by atoms with van der Waals surface area (Å²) < 4.78 is 0. The van der Waals surface area contributed by atoms with Gasteiger partial charge in [0.1, 0.15) is 0 Å². The van der Waals surface area contributed by atoms with E-state index in [-0.39, 0.29) is 12.5 Å². The van der Waals surface area contributed by atoms with E-state index in [0.29, 0.717) is 32.1 Å². The SMILES string of the molecule is CC(Cc1ccccc1)(NC(=O)CCc1c[nH]c2ccccc12)C(O)CCCO. The molecule has 0 bridgehead atoms. The van der Waals surface area contributed by atoms with E-state index in [1.165, 1.54) is 0 Å². The number of aliphatic hydroxyl groups excluding tert-OH is 2. The molecule has 5 heteroatoms. The number of hydrogen-bond donors (Lipinski definition) is 4. The Kier molecular flexibility index (Phi) is 7.07. The number of para-hydroxylation sites is 1. The monoisotopic (exact) mass is 394 g/mol. The van der Waals surface area contributed by atoms with Crippen molar-refractivity contribution in [2.45, 2.75) is 50.7 Å². The fourth-order valence-corrected chi connectivity index (χ4v) is 3.84. The van der Waals surface area contributed by atoms with E-state index in [1.807, 2.05) is 61.7 Å². The van der Waals surface area contributed by atoms with Crippen LogP contribution in [0.5, 0.6) is 0 Å². The molecule has 3 rings (SSSR count). The normalized spacial score (nSPS) is 14.4. The molecule has 0 aliphatic heterocycles. The number of amides is 1. The summed E-state index contributed by atoms with van der Waals surface area (Å²) >= 11 is 0. The molecule has 0 aliphatic rings. The molecule has 0 saturated carbocycles. The predicted octanol–water partition coefficient (Wildman–Crippen LogP) is 3.35. The first-order valence-electron chi connectivity index (χ1n) is 10.2. The number of rotatable bonds is 10. The molecule has 1 heterocycles. The van der Waals surface area contributed by atoms with Crippen LogP contribution in [0, 0.1) is 0 Å². The Balaban J connectivity index is 1.68. The molecule has 0 fully saturated rings. The van der Waals surface area contributed by atoms with Gasteiger partial charge in [0, 0.05) is 30.1 Å². The van der Waals surface area contributed by atoms with Crippen LogP contribution in [0.2, 0.25) is 0 Å². The zero-order valence-electron chi connectivity index (χ0n) is 16.9. The molecule has 0 saturated heterocycles. The third-order valence-corrected chi connectivity index (χ3v) is 5.51. The van der Waals surface area contributed by atoms with Crippen molar-refractivity contribution in [3.05, 3.63) is 71.9 Å². The van der Waals surface area contributed by atoms with E-state index >= 15 is 0 Å². The second-order valence-electron chi connectivity index (χ2n) is 7.87. The number of aromatic amines is 1. The van der Waals surface area contributed by atoms with Crippen molar-refractivity contribution in [3.63, 3.8) is 0 Å². The molecular weight excluding hydrogens is 364 g/mol. The van der Waals surface area contributed by atoms with E-state index < -0.39 is 11.6 Å². The summed E-state index contributed by atoms with van der Waals surface area (Å²) in [4.78, 5) is 16.0. The van der Waals surface area contributed by atoms with Crippen LogP contribution in [-0.2, 0) is 17.6 Å². The van der Waals surface area contributed by atoms with Gasteiger partial charge in [-0.2, -0.15) is 0 Å². The molecular formula is C24H30N2O3. The highest BCUT2D eigenvalue weighted by molar-refractivity contribution is 5.84. The lowest BCUT2D eigenvalue weighted by Crippen LogP contribution is -2.56. The van der Waals surface area contributed by atoms with Crippen LogP contribution in [0.25, 0.3) is 10.9 Å². The maximum absolute atomic E-state index is 12.8. The number of nitrogens with one attached hydrogen (secondary N) is 2. The molecule has 3 aromatic rings. The van der Waals surface area contributed by atoms with Crippen molar-refractivity contribution in [1.82, 2.24) is 10.3 Å². The average molecular weight is 395 g/mol. The average Bonchev–Trinajstić information content (AvgIpc) is 3.14. The molecule has 29 heavy (non-hydrogen) atoms. The first-order chi connectivity index (χ1) is 14.0. The summed E-state index contributed by atoms with van der Waals surface area (Å²) in [7, 11) is 0. The predicted molar refractivity (Wildman–Crippen MR) is 116 cm³/mol. The Labute approximate surface area is 171 Å². The quantitative estimate of drug-likeness (QED) is 0.425. The standard InChI is InChI=1S/C24H30N2O3/c1-24(22(28)12-7-15-27,16-18-8-3-2-4-9-18)26-23(29)14-13-19-17-25-21-11-6-5-10-20(19)21/h2-6,8-11,17,22,25,27-28H,7,12-16H2,1H3,(H,26,29). The Hall–Kier alpha value is -2.63. The Morgan fingerprint density at radius 3 is 2.62 bits per heavy atom. The summed E-state index contributed by atoms with van der Waals surface area (Å²) in [6.07, 6.45) is 3.64. The summed E-state index contributed by atoms with van der Waals surface area (Å²) in [6, 6.07) is 17.9. The van der Waals surface area contributed by atoms with Gasteiger partial charge in [-0.25, -0.2) is 0 Å². The van der Waals surface area contributed by atoms with Crippen LogP contribution in [-0.4, -0.2) is 39.4 Å². The minimum Gasteiger partial charge on any atom is -0.396 e. The summed E-state index contributed by atoms with van der Waals surface area (Å²) in [6.45, 7) is 1.90. The zero-order valence-corrected chi connectivity index (χ0v) is 16.9. The lowest BCUT2D eigenvalue weighted by Gasteiger charge is -2.36. The van der Waals surface area contributed by atoms with E-state index in [4.69, 9.17) is 5.11 Å². The number of H-pyrrole nitrogens is 1. The molecule has 1 aromatic heterocycles. The van der Waals surface area contributed by atoms with Crippen molar-refractivity contribution in [1.29, 1.82) is 0 Å². The van der Waals surface area contributed by atoms with Gasteiger partial charge in [-0.3, -0.25) is 4.79 Å². The molecule has 0 spiro atoms. The highest BCUT2D eigenvalue weighted by atomic mass is 16.3. The minimum atomic E-state index is -0.798. The summed E-state index contributed by atoms with van der Waals surface area (Å²) in [5, 5.41) is 24.1. The van der Waals surface area contributed by atoms with Crippen LogP contribution in [0.15, 0.2) is 60.8 Å². The number of aliphatic hydroxyl groups is 2. The fourth-order valence-electron chi connectivity index (χ4n) is 3.84. The molecule has 2 atom stereocenters. The van der Waals surface area contributed by atoms with Crippen molar-refractivity contribution >= 4 is 16.8 Å². The van der Waals surface area contributed by atoms with E-state index in [9.17, 15) is 9.90 Å². The maximum atomic E-state index is 12.8. The smallest absolute Gasteiger partial charge is 0.220 e. The Bertz CT molecular complexity index is 922. The lowest BCUT2D eigenvalue weighted by atomic mass is 9.84. The third-order valence-electron chi connectivity index (χ3n) is 5.51. The molecule has 2 aromatic carbocycles. The molecule has 1 amide bonds. The summed E-state index contributed by atoms with van der Waals surface area (Å²) in [5.41, 5.74) is 2.43. The van der Waals surface area contributed by atoms with Gasteiger partial charge >= 0.3 is 0 Å². The molecule has 0 radical (unpaired) electrons. The van der Waals surface area contributed by atoms with Crippen LogP contribution in [0.4, 0.5) is 0 Å². The topological polar surface area (TPSA) is 85.4 Å². The highest BCUT2D eigenvalue weighted by Gasteiger charge is 2.34. The van der Waals surface area contributed by atoms with Gasteiger partial charge in [-0.1, -0.05) is 48.5 Å². The van der Waals surface area contributed by atoms with Crippen LogP contribution >= 0.6 is 0 Å². The van der Waals surface area contributed by atoms with Gasteiger partial charge in [0.2, 0.25) is 5.91 Å². The molecule has 4 N–H and O–H groups in total. The highest BCUT2D eigenvalue weighted by Crippen LogP contribution is 2.22. The van der Waals surface area contributed by atoms with Gasteiger partial charge < -0.3 is 20.5 Å². The van der Waals surface area contributed by atoms with Gasteiger partial charge in [0.25, 0.3) is 0 Å². The second kappa shape index (κ2) is 9.72. The molecule has 0 aliphatic carbocycles. The molecule has 154 valence electrons. The molecule has 2 unspecified atom stereocenters. The van der Waals surface area contributed by atoms with Crippen LogP contribution < -0.4 is 5.32 Å². The van der Waals surface area contributed by atoms with E-state index in [0.717, 1.165) is 22.0 Å². The third kappa shape index (κ3) is 5.46. The Morgan fingerprint density at radius 1 is 1.14 bits per heavy atom. The van der Waals surface area contributed by atoms with Gasteiger partial charge in [0.05, 0.1) is 11.6 Å². The maximum Gasteiger partial charge on any atom is 0.220 e. The number of carbonyl (C=O) groups is 1. The number of benzene rings is 2. The molecule has 5 nitrogen and oxygen atoms in total. The lowest BCUT2D eigenvalue weighted by molar-refractivity contribution is -0.124. The van der Waals surface area contributed by atoms with E-state index in [2.05, 4.69) is 16.4 Å². The fraction of sp³-hybridized carbons (Fsp3) is 0.375. The van der Waals surface area contributed by atoms with Gasteiger partial charge in [-0.15, -0.1) is 0 Å². The number of carbonyl (C=O) groups excluding carboxylic acids is 1. The van der Waals surface area contributed by atoms with Crippen molar-refractivity contribution in [3.8, 4) is 0 Å². The number of hydrogen-bond acceptors (Lipinski definition) is 3. The first-order valence-corrected chi connectivity index (χ1v) is 10.2. The number of aromatic nitrogens is 1. The van der Waals surface area contributed by atoms with Crippen LogP contribution in [0.1, 0.15) is 37.3 Å². The number of aryl methyl sites for hydroxylation is 1. The number of fused-ring (bicyclic) bond motifs is 1. The first kappa shape index (κ1) is 21.1. The van der Waals surface area contributed by atoms with Crippen molar-refractivity contribution in [2.75, 3.05) is 6.61 Å². The largest absolute Gasteiger partial charge is 0.396 e.